The lowest BCUT2D eigenvalue weighted by atomic mass is 9.98. The number of fused-ring (bicyclic) bond motifs is 3. The monoisotopic (exact) mass is 506 g/mol. The predicted octanol–water partition coefficient (Wildman–Crippen LogP) is 4.30. The highest BCUT2D eigenvalue weighted by Crippen LogP contribution is 2.44. The first kappa shape index (κ1) is 25.1. The number of hydrogen-bond acceptors (Lipinski definition) is 8. The molecule has 1 aliphatic rings. The molecule has 3 aromatic carbocycles. The van der Waals surface area contributed by atoms with Gasteiger partial charge >= 0.3 is 12.1 Å². The van der Waals surface area contributed by atoms with Crippen LogP contribution in [0.25, 0.3) is 11.1 Å². The summed E-state index contributed by atoms with van der Waals surface area (Å²) >= 11 is 0. The number of nitrogens with zero attached hydrogens (tertiary/aromatic N) is 2. The molecule has 12 nitrogen and oxygen atoms in total. The Hall–Kier alpha value is -5.00. The average Bonchev–Trinajstić information content (AvgIpc) is 3.20. The molecule has 0 saturated carbocycles. The molecule has 0 bridgehead atoms. The molecule has 12 heteroatoms. The standard InChI is InChI=1S/C25H22N4O8/c30-24(31)22(11-12-26-21-10-9-15(28(33)34)13-23(21)29(35)36)27-25(32)37-14-20-18-7-3-1-5-16(18)17-6-2-4-8-19(17)20/h1-10,13,20,22,26H,11-12,14H2,(H,27,32)(H,30,31). The lowest BCUT2D eigenvalue weighted by molar-refractivity contribution is -0.393. The molecule has 0 aliphatic heterocycles. The molecule has 37 heavy (non-hydrogen) atoms. The van der Waals surface area contributed by atoms with Crippen LogP contribution in [0.4, 0.5) is 21.9 Å². The highest BCUT2D eigenvalue weighted by Gasteiger charge is 2.30. The molecule has 0 heterocycles. The van der Waals surface area contributed by atoms with Crippen LogP contribution in [0.2, 0.25) is 0 Å². The molecular weight excluding hydrogens is 484 g/mol. The van der Waals surface area contributed by atoms with Crippen molar-refractivity contribution in [2.45, 2.75) is 18.4 Å². The Morgan fingerprint density at radius 1 is 0.946 bits per heavy atom. The van der Waals surface area contributed by atoms with Gasteiger partial charge in [-0.1, -0.05) is 48.5 Å². The summed E-state index contributed by atoms with van der Waals surface area (Å²) in [5.74, 6) is -1.50. The maximum Gasteiger partial charge on any atom is 0.407 e. The number of nitro benzene ring substituents is 2. The van der Waals surface area contributed by atoms with E-state index in [4.69, 9.17) is 4.74 Å². The molecule has 190 valence electrons. The summed E-state index contributed by atoms with van der Waals surface area (Å²) in [6.45, 7) is -0.0568. The number of carboxylic acids is 1. The number of anilines is 1. The first-order valence-electron chi connectivity index (χ1n) is 11.3. The average molecular weight is 506 g/mol. The Bertz CT molecular complexity index is 1330. The molecule has 1 atom stereocenters. The van der Waals surface area contributed by atoms with Crippen molar-refractivity contribution in [3.63, 3.8) is 0 Å². The van der Waals surface area contributed by atoms with E-state index in [0.717, 1.165) is 34.4 Å². The summed E-state index contributed by atoms with van der Waals surface area (Å²) < 4.78 is 5.38. The third kappa shape index (κ3) is 5.48. The van der Waals surface area contributed by atoms with Crippen LogP contribution in [-0.4, -0.2) is 46.2 Å². The number of aliphatic carboxylic acids is 1. The minimum absolute atomic E-state index is 0.0131. The van der Waals surface area contributed by atoms with Crippen molar-refractivity contribution in [3.05, 3.63) is 98.1 Å². The molecule has 3 aromatic rings. The van der Waals surface area contributed by atoms with Crippen molar-refractivity contribution >= 4 is 29.1 Å². The first-order valence-corrected chi connectivity index (χ1v) is 11.3. The number of nitro groups is 2. The second kappa shape index (κ2) is 10.7. The zero-order valence-electron chi connectivity index (χ0n) is 19.3. The molecule has 0 spiro atoms. The number of hydrogen-bond donors (Lipinski definition) is 3. The highest BCUT2D eigenvalue weighted by atomic mass is 16.6. The van der Waals surface area contributed by atoms with Gasteiger partial charge in [-0.05, 0) is 34.7 Å². The number of benzene rings is 3. The van der Waals surface area contributed by atoms with Crippen molar-refractivity contribution in [3.8, 4) is 11.1 Å². The van der Waals surface area contributed by atoms with Crippen molar-refractivity contribution in [2.75, 3.05) is 18.5 Å². The molecule has 1 aliphatic carbocycles. The number of ether oxygens (including phenoxy) is 1. The van der Waals surface area contributed by atoms with E-state index in [0.29, 0.717) is 0 Å². The maximum atomic E-state index is 12.4. The maximum absolute atomic E-state index is 12.4. The van der Waals surface area contributed by atoms with Gasteiger partial charge in [-0.3, -0.25) is 20.2 Å². The van der Waals surface area contributed by atoms with E-state index in [1.54, 1.807) is 0 Å². The summed E-state index contributed by atoms with van der Waals surface area (Å²) in [5, 5.41) is 36.7. The molecule has 1 unspecified atom stereocenters. The minimum atomic E-state index is -1.33. The third-order valence-corrected chi connectivity index (χ3v) is 6.07. The van der Waals surface area contributed by atoms with Crippen LogP contribution >= 0.6 is 0 Å². The number of carboxylic acid groups (broad SMARTS) is 1. The van der Waals surface area contributed by atoms with E-state index in [1.165, 1.54) is 6.07 Å². The Kier molecular flexibility index (Phi) is 7.28. The number of non-ortho nitro benzene ring substituents is 1. The lowest BCUT2D eigenvalue weighted by Crippen LogP contribution is -2.42. The first-order chi connectivity index (χ1) is 17.8. The summed E-state index contributed by atoms with van der Waals surface area (Å²) in [7, 11) is 0. The predicted molar refractivity (Wildman–Crippen MR) is 132 cm³/mol. The molecule has 0 radical (unpaired) electrons. The van der Waals surface area contributed by atoms with Gasteiger partial charge < -0.3 is 20.5 Å². The van der Waals surface area contributed by atoms with Crippen LogP contribution in [0, 0.1) is 20.2 Å². The fraction of sp³-hybridized carbons (Fsp3) is 0.200. The zero-order chi connectivity index (χ0) is 26.5. The van der Waals surface area contributed by atoms with Gasteiger partial charge in [0, 0.05) is 18.5 Å². The summed E-state index contributed by atoms with van der Waals surface area (Å²) in [6.07, 6.45) is -1.04. The molecule has 0 saturated heterocycles. The SMILES string of the molecule is O=C(NC(CCNc1ccc([N+](=O)[O-])cc1[N+](=O)[O-])C(=O)O)OCC1c2ccccc2-c2ccccc21. The number of rotatable bonds is 10. The van der Waals surface area contributed by atoms with Crippen LogP contribution < -0.4 is 10.6 Å². The van der Waals surface area contributed by atoms with Gasteiger partial charge in [0.2, 0.25) is 0 Å². The molecule has 1 amide bonds. The van der Waals surface area contributed by atoms with Gasteiger partial charge in [0.15, 0.2) is 0 Å². The number of carbonyl (C=O) groups is 2. The smallest absolute Gasteiger partial charge is 0.407 e. The second-order valence-electron chi connectivity index (χ2n) is 8.29. The van der Waals surface area contributed by atoms with Crippen molar-refractivity contribution in [1.82, 2.24) is 5.32 Å². The van der Waals surface area contributed by atoms with E-state index in [9.17, 15) is 34.9 Å². The van der Waals surface area contributed by atoms with Crippen molar-refractivity contribution < 1.29 is 29.3 Å². The Labute approximate surface area is 210 Å². The largest absolute Gasteiger partial charge is 0.480 e. The molecule has 3 N–H and O–H groups in total. The van der Waals surface area contributed by atoms with Gasteiger partial charge in [-0.25, -0.2) is 9.59 Å². The number of alkyl carbamates (subject to hydrolysis) is 1. The molecule has 4 rings (SSSR count). The van der Waals surface area contributed by atoms with Gasteiger partial charge in [-0.15, -0.1) is 0 Å². The van der Waals surface area contributed by atoms with Crippen molar-refractivity contribution in [1.29, 1.82) is 0 Å². The Morgan fingerprint density at radius 3 is 2.14 bits per heavy atom. The Morgan fingerprint density at radius 2 is 1.57 bits per heavy atom. The van der Waals surface area contributed by atoms with Crippen molar-refractivity contribution in [2.24, 2.45) is 0 Å². The van der Waals surface area contributed by atoms with E-state index < -0.39 is 39.3 Å². The van der Waals surface area contributed by atoms with Gasteiger partial charge in [-0.2, -0.15) is 0 Å². The third-order valence-electron chi connectivity index (χ3n) is 6.07. The highest BCUT2D eigenvalue weighted by molar-refractivity contribution is 5.81. The Balaban J connectivity index is 1.35. The van der Waals surface area contributed by atoms with Gasteiger partial charge in [0.05, 0.1) is 15.9 Å². The topological polar surface area (TPSA) is 174 Å². The number of amides is 1. The van der Waals surface area contributed by atoms with E-state index in [-0.39, 0.29) is 31.2 Å². The van der Waals surface area contributed by atoms with Crippen LogP contribution in [0.15, 0.2) is 66.7 Å². The number of carbonyl (C=O) groups excluding carboxylic acids is 1. The summed E-state index contributed by atoms with van der Waals surface area (Å²) in [4.78, 5) is 44.7. The molecular formula is C25H22N4O8. The summed E-state index contributed by atoms with van der Waals surface area (Å²) in [6, 6.07) is 17.3. The van der Waals surface area contributed by atoms with E-state index >= 15 is 0 Å². The van der Waals surface area contributed by atoms with Crippen LogP contribution in [0.1, 0.15) is 23.5 Å². The fourth-order valence-electron chi connectivity index (χ4n) is 4.33. The van der Waals surface area contributed by atoms with Gasteiger partial charge in [0.25, 0.3) is 11.4 Å². The molecule has 0 fully saturated rings. The molecule has 0 aromatic heterocycles. The normalized spacial score (nSPS) is 12.6. The van der Waals surface area contributed by atoms with Gasteiger partial charge in [0.1, 0.15) is 18.3 Å². The van der Waals surface area contributed by atoms with Crippen LogP contribution in [-0.2, 0) is 9.53 Å². The fourth-order valence-corrected chi connectivity index (χ4v) is 4.33. The quantitative estimate of drug-likeness (QED) is 0.267. The van der Waals surface area contributed by atoms with E-state index in [2.05, 4.69) is 10.6 Å². The zero-order valence-corrected chi connectivity index (χ0v) is 19.3. The van der Waals surface area contributed by atoms with Crippen LogP contribution in [0.5, 0.6) is 0 Å². The summed E-state index contributed by atoms with van der Waals surface area (Å²) in [5.41, 5.74) is 3.16. The van der Waals surface area contributed by atoms with E-state index in [1.807, 2.05) is 48.5 Å². The minimum Gasteiger partial charge on any atom is -0.480 e. The van der Waals surface area contributed by atoms with Crippen LogP contribution in [0.3, 0.4) is 0 Å². The number of nitrogens with one attached hydrogen (secondary N) is 2. The lowest BCUT2D eigenvalue weighted by Gasteiger charge is -2.18. The second-order valence-corrected chi connectivity index (χ2v) is 8.29.